The Morgan fingerprint density at radius 2 is 2.33 bits per heavy atom. The van der Waals surface area contributed by atoms with E-state index in [1.807, 2.05) is 19.2 Å². The molecule has 0 radical (unpaired) electrons. The molecule has 2 aromatic rings. The zero-order chi connectivity index (χ0) is 11.0. The summed E-state index contributed by atoms with van der Waals surface area (Å²) in [4.78, 5) is 4.45. The van der Waals surface area contributed by atoms with Crippen molar-refractivity contribution in [1.82, 2.24) is 9.38 Å². The third kappa shape index (κ3) is 1.79. The van der Waals surface area contributed by atoms with Gasteiger partial charge in [-0.1, -0.05) is 6.92 Å². The van der Waals surface area contributed by atoms with Crippen LogP contribution in [0.5, 0.6) is 0 Å². The van der Waals surface area contributed by atoms with Crippen molar-refractivity contribution in [3.8, 4) is 0 Å². The molecule has 0 aliphatic carbocycles. The number of nitrogens with two attached hydrogens (primary N) is 1. The molecule has 0 bridgehead atoms. The van der Waals surface area contributed by atoms with E-state index in [4.69, 9.17) is 5.73 Å². The van der Waals surface area contributed by atoms with Gasteiger partial charge in [0.05, 0.1) is 5.52 Å². The maximum atomic E-state index is 5.85. The molecule has 0 saturated heterocycles. The number of aromatic nitrogens is 2. The van der Waals surface area contributed by atoms with Crippen molar-refractivity contribution in [2.24, 2.45) is 5.73 Å². The Balaban J connectivity index is 2.66. The van der Waals surface area contributed by atoms with E-state index in [0.29, 0.717) is 0 Å². The molecule has 0 spiro atoms. The van der Waals surface area contributed by atoms with Crippen LogP contribution in [0.2, 0.25) is 0 Å². The van der Waals surface area contributed by atoms with E-state index in [9.17, 15) is 0 Å². The highest BCUT2D eigenvalue weighted by atomic mass is 79.9. The SMILES string of the molecule is CCc1nc(Br)c2cc(C(C)N)ccn12. The monoisotopic (exact) mass is 267 g/mol. The van der Waals surface area contributed by atoms with Crippen LogP contribution in [0.15, 0.2) is 22.9 Å². The number of hydrogen-bond acceptors (Lipinski definition) is 2. The first-order valence-electron chi connectivity index (χ1n) is 5.05. The summed E-state index contributed by atoms with van der Waals surface area (Å²) in [5, 5.41) is 0. The lowest BCUT2D eigenvalue weighted by molar-refractivity contribution is 0.814. The van der Waals surface area contributed by atoms with Crippen molar-refractivity contribution in [2.45, 2.75) is 26.3 Å². The first kappa shape index (κ1) is 10.6. The first-order valence-corrected chi connectivity index (χ1v) is 5.84. The van der Waals surface area contributed by atoms with Crippen LogP contribution >= 0.6 is 15.9 Å². The van der Waals surface area contributed by atoms with Crippen LogP contribution in [0.25, 0.3) is 5.52 Å². The van der Waals surface area contributed by atoms with Gasteiger partial charge in [0.2, 0.25) is 0 Å². The van der Waals surface area contributed by atoms with E-state index in [2.05, 4.69) is 38.3 Å². The third-order valence-corrected chi connectivity index (χ3v) is 3.12. The summed E-state index contributed by atoms with van der Waals surface area (Å²) in [7, 11) is 0. The number of hydrogen-bond donors (Lipinski definition) is 1. The van der Waals surface area contributed by atoms with Crippen LogP contribution in [0.3, 0.4) is 0 Å². The van der Waals surface area contributed by atoms with Crippen molar-refractivity contribution >= 4 is 21.4 Å². The fourth-order valence-corrected chi connectivity index (χ4v) is 2.17. The summed E-state index contributed by atoms with van der Waals surface area (Å²) in [6.07, 6.45) is 2.95. The number of nitrogens with zero attached hydrogens (tertiary/aromatic N) is 2. The van der Waals surface area contributed by atoms with E-state index in [1.165, 1.54) is 0 Å². The zero-order valence-electron chi connectivity index (χ0n) is 8.87. The molecular formula is C11H14BrN3. The van der Waals surface area contributed by atoms with Gasteiger partial charge in [0.1, 0.15) is 10.4 Å². The summed E-state index contributed by atoms with van der Waals surface area (Å²) < 4.78 is 2.98. The van der Waals surface area contributed by atoms with Gasteiger partial charge in [-0.15, -0.1) is 0 Å². The number of halogens is 1. The molecule has 2 aromatic heterocycles. The largest absolute Gasteiger partial charge is 0.324 e. The van der Waals surface area contributed by atoms with Gasteiger partial charge in [-0.05, 0) is 40.5 Å². The molecule has 0 aromatic carbocycles. The molecule has 2 N–H and O–H groups in total. The summed E-state index contributed by atoms with van der Waals surface area (Å²) in [5.74, 6) is 1.06. The molecule has 0 amide bonds. The lowest BCUT2D eigenvalue weighted by Gasteiger charge is -2.06. The van der Waals surface area contributed by atoms with Crippen molar-refractivity contribution in [3.05, 3.63) is 34.3 Å². The lowest BCUT2D eigenvalue weighted by atomic mass is 10.1. The van der Waals surface area contributed by atoms with Gasteiger partial charge in [0.15, 0.2) is 0 Å². The smallest absolute Gasteiger partial charge is 0.132 e. The van der Waals surface area contributed by atoms with Crippen LogP contribution in [0.1, 0.15) is 31.3 Å². The molecule has 0 fully saturated rings. The molecule has 80 valence electrons. The predicted octanol–water partition coefficient (Wildman–Crippen LogP) is 2.68. The maximum absolute atomic E-state index is 5.85. The average Bonchev–Trinajstić information content (AvgIpc) is 2.55. The Bertz CT molecular complexity index is 488. The molecule has 1 unspecified atom stereocenters. The van der Waals surface area contributed by atoms with E-state index in [0.717, 1.165) is 27.9 Å². The van der Waals surface area contributed by atoms with E-state index in [1.54, 1.807) is 0 Å². The van der Waals surface area contributed by atoms with Crippen molar-refractivity contribution < 1.29 is 0 Å². The minimum atomic E-state index is 0.0573. The van der Waals surface area contributed by atoms with Crippen LogP contribution in [-0.2, 0) is 6.42 Å². The maximum Gasteiger partial charge on any atom is 0.132 e. The molecule has 0 aliphatic heterocycles. The van der Waals surface area contributed by atoms with Gasteiger partial charge in [-0.25, -0.2) is 4.98 Å². The van der Waals surface area contributed by atoms with Crippen molar-refractivity contribution in [3.63, 3.8) is 0 Å². The van der Waals surface area contributed by atoms with E-state index < -0.39 is 0 Å². The highest BCUT2D eigenvalue weighted by Crippen LogP contribution is 2.22. The molecule has 4 heteroatoms. The third-order valence-electron chi connectivity index (χ3n) is 2.54. The highest BCUT2D eigenvalue weighted by Gasteiger charge is 2.09. The number of rotatable bonds is 2. The lowest BCUT2D eigenvalue weighted by Crippen LogP contribution is -2.05. The van der Waals surface area contributed by atoms with Crippen molar-refractivity contribution in [2.75, 3.05) is 0 Å². The summed E-state index contributed by atoms with van der Waals surface area (Å²) in [6, 6.07) is 4.19. The van der Waals surface area contributed by atoms with Gasteiger partial charge >= 0.3 is 0 Å². The standard InChI is InChI=1S/C11H14BrN3/c1-3-10-14-11(12)9-6-8(7(2)13)4-5-15(9)10/h4-7H,3,13H2,1-2H3. The zero-order valence-corrected chi connectivity index (χ0v) is 10.5. The van der Waals surface area contributed by atoms with Crippen LogP contribution < -0.4 is 5.73 Å². The minimum Gasteiger partial charge on any atom is -0.324 e. The van der Waals surface area contributed by atoms with Gasteiger partial charge in [-0.3, -0.25) is 0 Å². The molecular weight excluding hydrogens is 254 g/mol. The van der Waals surface area contributed by atoms with Gasteiger partial charge in [0, 0.05) is 18.7 Å². The number of imidazole rings is 1. The van der Waals surface area contributed by atoms with Gasteiger partial charge < -0.3 is 10.1 Å². The predicted molar refractivity (Wildman–Crippen MR) is 64.9 cm³/mol. The summed E-state index contributed by atoms with van der Waals surface area (Å²) >= 11 is 3.47. The minimum absolute atomic E-state index is 0.0573. The number of pyridine rings is 1. The number of fused-ring (bicyclic) bond motifs is 1. The van der Waals surface area contributed by atoms with Gasteiger partial charge in [0.25, 0.3) is 0 Å². The van der Waals surface area contributed by atoms with Crippen LogP contribution in [0.4, 0.5) is 0 Å². The van der Waals surface area contributed by atoms with Crippen LogP contribution in [-0.4, -0.2) is 9.38 Å². The quantitative estimate of drug-likeness (QED) is 0.909. The molecule has 15 heavy (non-hydrogen) atoms. The fraction of sp³-hybridized carbons (Fsp3) is 0.364. The second-order valence-electron chi connectivity index (χ2n) is 3.68. The molecule has 0 saturated carbocycles. The molecule has 2 rings (SSSR count). The Morgan fingerprint density at radius 3 is 2.93 bits per heavy atom. The topological polar surface area (TPSA) is 43.3 Å². The van der Waals surface area contributed by atoms with Crippen molar-refractivity contribution in [1.29, 1.82) is 0 Å². The Hall–Kier alpha value is -0.870. The average molecular weight is 268 g/mol. The molecule has 3 nitrogen and oxygen atoms in total. The second-order valence-corrected chi connectivity index (χ2v) is 4.43. The van der Waals surface area contributed by atoms with Crippen LogP contribution in [0, 0.1) is 0 Å². The molecule has 1 atom stereocenters. The molecule has 0 aliphatic rings. The first-order chi connectivity index (χ1) is 7.13. The van der Waals surface area contributed by atoms with E-state index >= 15 is 0 Å². The summed E-state index contributed by atoms with van der Waals surface area (Å²) in [5.41, 5.74) is 8.06. The fourth-order valence-electron chi connectivity index (χ4n) is 1.66. The summed E-state index contributed by atoms with van der Waals surface area (Å²) in [6.45, 7) is 4.08. The number of aryl methyl sites for hydroxylation is 1. The van der Waals surface area contributed by atoms with E-state index in [-0.39, 0.29) is 6.04 Å². The Labute approximate surface area is 97.4 Å². The Morgan fingerprint density at radius 1 is 1.60 bits per heavy atom. The normalized spacial score (nSPS) is 13.3. The molecule has 2 heterocycles. The Kier molecular flexibility index (Phi) is 2.80. The second kappa shape index (κ2) is 3.94. The van der Waals surface area contributed by atoms with Gasteiger partial charge in [-0.2, -0.15) is 0 Å². The highest BCUT2D eigenvalue weighted by molar-refractivity contribution is 9.10.